The van der Waals surface area contributed by atoms with Gasteiger partial charge in [-0.05, 0) is 73.2 Å². The Morgan fingerprint density at radius 1 is 0.788 bits per heavy atom. The van der Waals surface area contributed by atoms with Crippen LogP contribution in [0.15, 0.2) is 103 Å². The first-order chi connectivity index (χ1) is 16.1. The first-order valence-corrected chi connectivity index (χ1v) is 10.5. The molecule has 4 rings (SSSR count). The van der Waals surface area contributed by atoms with Crippen LogP contribution in [0, 0.1) is 0 Å². The van der Waals surface area contributed by atoms with E-state index in [1.807, 2.05) is 55.5 Å². The SMILES string of the molecule is CC(NC(=O)c1ccc(Oc2cccnc2)cc1)c1cccc(NC(=O)c2ccccc2)c1. The molecule has 33 heavy (non-hydrogen) atoms. The van der Waals surface area contributed by atoms with E-state index in [2.05, 4.69) is 15.6 Å². The van der Waals surface area contributed by atoms with Crippen LogP contribution in [0.2, 0.25) is 0 Å². The maximum absolute atomic E-state index is 12.7. The molecule has 4 aromatic rings. The zero-order valence-corrected chi connectivity index (χ0v) is 18.1. The van der Waals surface area contributed by atoms with Crippen molar-refractivity contribution >= 4 is 17.5 Å². The average Bonchev–Trinajstić information content (AvgIpc) is 2.86. The molecule has 0 spiro atoms. The van der Waals surface area contributed by atoms with E-state index in [9.17, 15) is 9.59 Å². The second-order valence-electron chi connectivity index (χ2n) is 7.46. The monoisotopic (exact) mass is 437 g/mol. The lowest BCUT2D eigenvalue weighted by Gasteiger charge is -2.16. The fourth-order valence-corrected chi connectivity index (χ4v) is 3.26. The number of amides is 2. The Bertz CT molecular complexity index is 1230. The van der Waals surface area contributed by atoms with Crippen molar-refractivity contribution in [3.63, 3.8) is 0 Å². The summed E-state index contributed by atoms with van der Waals surface area (Å²) in [5.74, 6) is 0.865. The summed E-state index contributed by atoms with van der Waals surface area (Å²) in [4.78, 5) is 29.1. The number of nitrogens with zero attached hydrogens (tertiary/aromatic N) is 1. The molecule has 1 aromatic heterocycles. The molecule has 3 aromatic carbocycles. The van der Waals surface area contributed by atoms with Crippen LogP contribution in [0.1, 0.15) is 39.2 Å². The Balaban J connectivity index is 1.37. The number of pyridine rings is 1. The van der Waals surface area contributed by atoms with Crippen LogP contribution in [0.3, 0.4) is 0 Å². The van der Waals surface area contributed by atoms with Gasteiger partial charge in [0.1, 0.15) is 11.5 Å². The normalized spacial score (nSPS) is 11.3. The number of carbonyl (C=O) groups is 2. The van der Waals surface area contributed by atoms with Crippen LogP contribution in [0.5, 0.6) is 11.5 Å². The highest BCUT2D eigenvalue weighted by Gasteiger charge is 2.13. The maximum Gasteiger partial charge on any atom is 0.255 e. The minimum Gasteiger partial charge on any atom is -0.456 e. The summed E-state index contributed by atoms with van der Waals surface area (Å²) in [6, 6.07) is 26.7. The molecule has 6 nitrogen and oxygen atoms in total. The molecule has 2 amide bonds. The Labute approximate surface area is 192 Å². The lowest BCUT2D eigenvalue weighted by Crippen LogP contribution is -2.26. The average molecular weight is 437 g/mol. The van der Waals surface area contributed by atoms with Crippen LogP contribution >= 0.6 is 0 Å². The number of benzene rings is 3. The molecular formula is C27H23N3O3. The molecular weight excluding hydrogens is 414 g/mol. The Morgan fingerprint density at radius 2 is 1.55 bits per heavy atom. The molecule has 0 saturated carbocycles. The minimum absolute atomic E-state index is 0.182. The van der Waals surface area contributed by atoms with Gasteiger partial charge in [-0.15, -0.1) is 0 Å². The Morgan fingerprint density at radius 3 is 2.27 bits per heavy atom. The quantitative estimate of drug-likeness (QED) is 0.393. The fourth-order valence-electron chi connectivity index (χ4n) is 3.26. The van der Waals surface area contributed by atoms with Gasteiger partial charge in [0.15, 0.2) is 0 Å². The first kappa shape index (κ1) is 21.8. The van der Waals surface area contributed by atoms with Gasteiger partial charge >= 0.3 is 0 Å². The molecule has 1 atom stereocenters. The second kappa shape index (κ2) is 10.2. The van der Waals surface area contributed by atoms with Gasteiger partial charge in [0.25, 0.3) is 11.8 Å². The summed E-state index contributed by atoms with van der Waals surface area (Å²) in [5, 5.41) is 5.89. The molecule has 0 aliphatic heterocycles. The fraction of sp³-hybridized carbons (Fsp3) is 0.0741. The number of anilines is 1. The molecule has 1 unspecified atom stereocenters. The van der Waals surface area contributed by atoms with Crippen LogP contribution in [-0.2, 0) is 0 Å². The van der Waals surface area contributed by atoms with Crippen molar-refractivity contribution in [3.05, 3.63) is 120 Å². The van der Waals surface area contributed by atoms with Crippen molar-refractivity contribution in [1.29, 1.82) is 0 Å². The minimum atomic E-state index is -0.252. The third-order valence-electron chi connectivity index (χ3n) is 5.01. The van der Waals surface area contributed by atoms with Gasteiger partial charge in [-0.1, -0.05) is 30.3 Å². The van der Waals surface area contributed by atoms with E-state index in [1.54, 1.807) is 54.9 Å². The first-order valence-electron chi connectivity index (χ1n) is 10.5. The lowest BCUT2D eigenvalue weighted by atomic mass is 10.1. The van der Waals surface area contributed by atoms with E-state index in [-0.39, 0.29) is 17.9 Å². The number of rotatable bonds is 7. The maximum atomic E-state index is 12.7. The van der Waals surface area contributed by atoms with E-state index in [0.717, 1.165) is 5.56 Å². The molecule has 2 N–H and O–H groups in total. The van der Waals surface area contributed by atoms with Gasteiger partial charge in [-0.25, -0.2) is 0 Å². The predicted octanol–water partition coefficient (Wildman–Crippen LogP) is 5.62. The number of nitrogens with one attached hydrogen (secondary N) is 2. The van der Waals surface area contributed by atoms with E-state index in [1.165, 1.54) is 0 Å². The predicted molar refractivity (Wildman–Crippen MR) is 127 cm³/mol. The smallest absolute Gasteiger partial charge is 0.255 e. The van der Waals surface area contributed by atoms with Crippen molar-refractivity contribution in [1.82, 2.24) is 10.3 Å². The number of hydrogen-bond acceptors (Lipinski definition) is 4. The molecule has 0 aliphatic carbocycles. The zero-order valence-electron chi connectivity index (χ0n) is 18.1. The highest BCUT2D eigenvalue weighted by atomic mass is 16.5. The van der Waals surface area contributed by atoms with Crippen molar-refractivity contribution < 1.29 is 14.3 Å². The largest absolute Gasteiger partial charge is 0.456 e. The van der Waals surface area contributed by atoms with Crippen LogP contribution in [0.4, 0.5) is 5.69 Å². The van der Waals surface area contributed by atoms with E-state index in [4.69, 9.17) is 4.74 Å². The molecule has 0 aliphatic rings. The van der Waals surface area contributed by atoms with Gasteiger partial charge in [0.2, 0.25) is 0 Å². The van der Waals surface area contributed by atoms with E-state index >= 15 is 0 Å². The van der Waals surface area contributed by atoms with Crippen LogP contribution in [-0.4, -0.2) is 16.8 Å². The molecule has 0 bridgehead atoms. The van der Waals surface area contributed by atoms with Gasteiger partial charge in [0, 0.05) is 23.0 Å². The molecule has 0 radical (unpaired) electrons. The van der Waals surface area contributed by atoms with E-state index < -0.39 is 0 Å². The third-order valence-corrected chi connectivity index (χ3v) is 5.01. The number of ether oxygens (including phenoxy) is 1. The zero-order chi connectivity index (χ0) is 23.0. The van der Waals surface area contributed by atoms with Gasteiger partial charge < -0.3 is 15.4 Å². The highest BCUT2D eigenvalue weighted by molar-refractivity contribution is 6.04. The molecule has 0 fully saturated rings. The number of aromatic nitrogens is 1. The summed E-state index contributed by atoms with van der Waals surface area (Å²) >= 11 is 0. The van der Waals surface area contributed by atoms with E-state index in [0.29, 0.717) is 28.3 Å². The lowest BCUT2D eigenvalue weighted by molar-refractivity contribution is 0.0939. The van der Waals surface area contributed by atoms with Crippen molar-refractivity contribution in [2.75, 3.05) is 5.32 Å². The topological polar surface area (TPSA) is 80.3 Å². The van der Waals surface area contributed by atoms with Crippen molar-refractivity contribution in [3.8, 4) is 11.5 Å². The van der Waals surface area contributed by atoms with Gasteiger partial charge in [-0.2, -0.15) is 0 Å². The standard InChI is InChI=1S/C27H23N3O3/c1-19(22-9-5-10-23(17-22)30-27(32)20-7-3-2-4-8-20)29-26(31)21-12-14-24(15-13-21)33-25-11-6-16-28-18-25/h2-19H,1H3,(H,29,31)(H,30,32). The summed E-state index contributed by atoms with van der Waals surface area (Å²) < 4.78 is 5.71. The number of hydrogen-bond donors (Lipinski definition) is 2. The summed E-state index contributed by atoms with van der Waals surface area (Å²) in [5.41, 5.74) is 2.65. The summed E-state index contributed by atoms with van der Waals surface area (Å²) in [6.45, 7) is 1.90. The van der Waals surface area contributed by atoms with Crippen molar-refractivity contribution in [2.45, 2.75) is 13.0 Å². The summed E-state index contributed by atoms with van der Waals surface area (Å²) in [7, 11) is 0. The molecule has 1 heterocycles. The van der Waals surface area contributed by atoms with Gasteiger partial charge in [-0.3, -0.25) is 14.6 Å². The highest BCUT2D eigenvalue weighted by Crippen LogP contribution is 2.22. The number of carbonyl (C=O) groups excluding carboxylic acids is 2. The third kappa shape index (κ3) is 5.83. The van der Waals surface area contributed by atoms with Crippen LogP contribution in [0.25, 0.3) is 0 Å². The van der Waals surface area contributed by atoms with Crippen molar-refractivity contribution in [2.24, 2.45) is 0 Å². The Kier molecular flexibility index (Phi) is 6.75. The van der Waals surface area contributed by atoms with Gasteiger partial charge in [0.05, 0.1) is 12.2 Å². The molecule has 164 valence electrons. The molecule has 0 saturated heterocycles. The Hall–Kier alpha value is -4.45. The molecule has 6 heteroatoms. The second-order valence-corrected chi connectivity index (χ2v) is 7.46. The van der Waals surface area contributed by atoms with Crippen LogP contribution < -0.4 is 15.4 Å². The summed E-state index contributed by atoms with van der Waals surface area (Å²) in [6.07, 6.45) is 3.30.